The number of anilines is 1. The van der Waals surface area contributed by atoms with Crippen LogP contribution in [0.4, 0.5) is 10.1 Å². The van der Waals surface area contributed by atoms with E-state index in [4.69, 9.17) is 39.4 Å². The quantitative estimate of drug-likeness (QED) is 0.276. The van der Waals surface area contributed by atoms with Crippen LogP contribution in [0.15, 0.2) is 54.6 Å². The zero-order valence-corrected chi connectivity index (χ0v) is 26.8. The number of carbonyl (C=O) groups is 1. The van der Waals surface area contributed by atoms with Crippen molar-refractivity contribution in [1.82, 2.24) is 14.7 Å². The minimum atomic E-state index is -0.509. The summed E-state index contributed by atoms with van der Waals surface area (Å²) < 4.78 is 20.2. The number of hydrogen-bond acceptors (Lipinski definition) is 6. The number of piperidine rings is 1. The van der Waals surface area contributed by atoms with Gasteiger partial charge in [-0.3, -0.25) is 9.69 Å². The minimum absolute atomic E-state index is 0.0200. The lowest BCUT2D eigenvalue weighted by atomic mass is 9.88. The van der Waals surface area contributed by atoms with E-state index in [1.807, 2.05) is 42.2 Å². The number of nitrogens with zero attached hydrogens (tertiary/aromatic N) is 3. The maximum Gasteiger partial charge on any atom is 0.239 e. The highest BCUT2D eigenvalue weighted by Gasteiger charge is 2.33. The number of hydrogen-bond donors (Lipinski definition) is 2. The predicted octanol–water partition coefficient (Wildman–Crippen LogP) is 5.71. The Morgan fingerprint density at radius 3 is 2.45 bits per heavy atom. The van der Waals surface area contributed by atoms with Gasteiger partial charge in [0.25, 0.3) is 0 Å². The van der Waals surface area contributed by atoms with Crippen LogP contribution in [-0.4, -0.2) is 79.1 Å². The average molecular weight is 643 g/mol. The van der Waals surface area contributed by atoms with Gasteiger partial charge in [-0.2, -0.15) is 0 Å². The first-order valence-electron chi connectivity index (χ1n) is 15.5. The molecular formula is C34H42Cl2FN5O2. The molecule has 0 bridgehead atoms. The lowest BCUT2D eigenvalue weighted by Gasteiger charge is -2.39. The molecule has 2 saturated heterocycles. The van der Waals surface area contributed by atoms with E-state index in [-0.39, 0.29) is 17.6 Å². The van der Waals surface area contributed by atoms with Crippen molar-refractivity contribution in [2.75, 3.05) is 58.2 Å². The summed E-state index contributed by atoms with van der Waals surface area (Å²) in [7, 11) is 0. The summed E-state index contributed by atoms with van der Waals surface area (Å²) in [6.07, 6.45) is 2.58. The van der Waals surface area contributed by atoms with Crippen molar-refractivity contribution in [3.8, 4) is 16.9 Å². The number of nitrogens with two attached hydrogens (primary N) is 2. The standard InChI is InChI=1S/C34H42Cl2FN5O2/c1-2-44-32-5-3-4-31(37)29(32)22-41-16-18-42(19-17-41)34(43)33(39)23-10-13-40(14-11-23)15-12-24-20-25(35)6-8-27(24)28-21-26(38)7-9-30(28)36/h3-9,20-21,23,33H,2,10-19,22,38-39H2,1H3/t33-/m1/s1. The molecule has 44 heavy (non-hydrogen) atoms. The highest BCUT2D eigenvalue weighted by molar-refractivity contribution is 6.33. The van der Waals surface area contributed by atoms with Gasteiger partial charge < -0.3 is 26.0 Å². The van der Waals surface area contributed by atoms with Gasteiger partial charge >= 0.3 is 0 Å². The van der Waals surface area contributed by atoms with Gasteiger partial charge in [0.05, 0.1) is 12.6 Å². The molecule has 7 nitrogen and oxygen atoms in total. The number of benzene rings is 3. The Morgan fingerprint density at radius 2 is 1.73 bits per heavy atom. The number of halogens is 3. The molecule has 0 unspecified atom stereocenters. The van der Waals surface area contributed by atoms with Crippen molar-refractivity contribution in [3.05, 3.63) is 81.6 Å². The Hall–Kier alpha value is -2.88. The fraction of sp³-hybridized carbons (Fsp3) is 0.441. The molecule has 0 saturated carbocycles. The van der Waals surface area contributed by atoms with E-state index >= 15 is 0 Å². The summed E-state index contributed by atoms with van der Waals surface area (Å²) in [6, 6.07) is 15.8. The highest BCUT2D eigenvalue weighted by Crippen LogP contribution is 2.34. The first-order valence-corrected chi connectivity index (χ1v) is 16.2. The topological polar surface area (TPSA) is 88.1 Å². The Morgan fingerprint density at radius 1 is 0.977 bits per heavy atom. The Kier molecular flexibility index (Phi) is 11.0. The van der Waals surface area contributed by atoms with Crippen LogP contribution in [0.25, 0.3) is 11.1 Å². The molecule has 1 atom stereocenters. The number of nitrogen functional groups attached to an aromatic ring is 1. The zero-order valence-electron chi connectivity index (χ0n) is 25.3. The molecule has 2 heterocycles. The lowest BCUT2D eigenvalue weighted by Crippen LogP contribution is -2.55. The molecule has 0 radical (unpaired) electrons. The van der Waals surface area contributed by atoms with Gasteiger partial charge in [0.1, 0.15) is 11.6 Å². The predicted molar refractivity (Wildman–Crippen MR) is 177 cm³/mol. The molecule has 236 valence electrons. The Labute approximate surface area is 269 Å². The fourth-order valence-electron chi connectivity index (χ4n) is 6.34. The van der Waals surface area contributed by atoms with E-state index in [2.05, 4.69) is 9.80 Å². The van der Waals surface area contributed by atoms with Crippen LogP contribution in [0.3, 0.4) is 0 Å². The molecule has 3 aromatic rings. The SMILES string of the molecule is CCOc1cccc(F)c1CN1CCN(C(=O)[C@H](N)C2CCN(CCc3cc(Cl)ccc3-c3cc(N)ccc3Cl)CC2)CC1. The number of rotatable bonds is 10. The first kappa shape index (κ1) is 32.5. The van der Waals surface area contributed by atoms with Crippen LogP contribution in [0.2, 0.25) is 10.0 Å². The molecule has 2 fully saturated rings. The van der Waals surface area contributed by atoms with Crippen molar-refractivity contribution < 1.29 is 13.9 Å². The molecule has 10 heteroatoms. The number of likely N-dealkylation sites (tertiary alicyclic amines) is 1. The maximum atomic E-state index is 14.5. The molecule has 2 aliphatic rings. The number of piperazine rings is 1. The van der Waals surface area contributed by atoms with Gasteiger partial charge in [0.15, 0.2) is 0 Å². The summed E-state index contributed by atoms with van der Waals surface area (Å²) in [5.41, 5.74) is 16.9. The largest absolute Gasteiger partial charge is 0.493 e. The molecule has 2 aliphatic heterocycles. The van der Waals surface area contributed by atoms with Gasteiger partial charge in [-0.05, 0) is 98.8 Å². The second-order valence-corrected chi connectivity index (χ2v) is 12.6. The fourth-order valence-corrected chi connectivity index (χ4v) is 6.75. The molecule has 4 N–H and O–H groups in total. The van der Waals surface area contributed by atoms with Crippen molar-refractivity contribution in [2.45, 2.75) is 38.8 Å². The third-order valence-electron chi connectivity index (χ3n) is 8.91. The van der Waals surface area contributed by atoms with Gasteiger partial charge in [-0.15, -0.1) is 0 Å². The molecule has 5 rings (SSSR count). The van der Waals surface area contributed by atoms with Crippen LogP contribution in [0, 0.1) is 11.7 Å². The van der Waals surface area contributed by atoms with Gasteiger partial charge in [0, 0.05) is 66.1 Å². The number of amides is 1. The summed E-state index contributed by atoms with van der Waals surface area (Å²) in [5, 5.41) is 1.35. The lowest BCUT2D eigenvalue weighted by molar-refractivity contribution is -0.136. The van der Waals surface area contributed by atoms with Crippen LogP contribution >= 0.6 is 23.2 Å². The van der Waals surface area contributed by atoms with E-state index < -0.39 is 6.04 Å². The van der Waals surface area contributed by atoms with Crippen LogP contribution < -0.4 is 16.2 Å². The molecular weight excluding hydrogens is 600 g/mol. The van der Waals surface area contributed by atoms with Crippen LogP contribution in [-0.2, 0) is 17.8 Å². The Balaban J connectivity index is 1.10. The number of carbonyl (C=O) groups excluding carboxylic acids is 1. The summed E-state index contributed by atoms with van der Waals surface area (Å²) in [5.74, 6) is 0.489. The normalized spacial score (nSPS) is 17.5. The van der Waals surface area contributed by atoms with Crippen molar-refractivity contribution in [1.29, 1.82) is 0 Å². The Bertz CT molecular complexity index is 1440. The van der Waals surface area contributed by atoms with Crippen LogP contribution in [0.1, 0.15) is 30.9 Å². The van der Waals surface area contributed by atoms with Gasteiger partial charge in [-0.1, -0.05) is 35.3 Å². The van der Waals surface area contributed by atoms with Crippen molar-refractivity contribution in [2.24, 2.45) is 11.7 Å². The molecule has 0 aromatic heterocycles. The molecule has 0 spiro atoms. The van der Waals surface area contributed by atoms with E-state index in [1.54, 1.807) is 18.2 Å². The van der Waals surface area contributed by atoms with E-state index in [0.29, 0.717) is 66.4 Å². The minimum Gasteiger partial charge on any atom is -0.493 e. The third kappa shape index (κ3) is 7.85. The van der Waals surface area contributed by atoms with E-state index in [0.717, 1.165) is 55.6 Å². The number of ether oxygens (including phenoxy) is 1. The van der Waals surface area contributed by atoms with E-state index in [1.165, 1.54) is 6.07 Å². The smallest absolute Gasteiger partial charge is 0.239 e. The second-order valence-electron chi connectivity index (χ2n) is 11.7. The van der Waals surface area contributed by atoms with Crippen molar-refractivity contribution in [3.63, 3.8) is 0 Å². The first-order chi connectivity index (χ1) is 21.2. The highest BCUT2D eigenvalue weighted by atomic mass is 35.5. The van der Waals surface area contributed by atoms with Gasteiger partial charge in [0.2, 0.25) is 5.91 Å². The molecule has 1 amide bonds. The second kappa shape index (κ2) is 14.9. The average Bonchev–Trinajstić information content (AvgIpc) is 3.03. The van der Waals surface area contributed by atoms with E-state index in [9.17, 15) is 9.18 Å². The molecule has 0 aliphatic carbocycles. The van der Waals surface area contributed by atoms with Crippen molar-refractivity contribution >= 4 is 34.8 Å². The van der Waals surface area contributed by atoms with Gasteiger partial charge in [-0.25, -0.2) is 4.39 Å². The summed E-state index contributed by atoms with van der Waals surface area (Å²) in [4.78, 5) is 19.8. The van der Waals surface area contributed by atoms with Crippen LogP contribution in [0.5, 0.6) is 5.75 Å². The maximum absolute atomic E-state index is 14.5. The molecule has 3 aromatic carbocycles. The monoisotopic (exact) mass is 641 g/mol. The summed E-state index contributed by atoms with van der Waals surface area (Å²) >= 11 is 12.9. The zero-order chi connectivity index (χ0) is 31.2. The summed E-state index contributed by atoms with van der Waals surface area (Å²) in [6.45, 7) is 7.99. The third-order valence-corrected chi connectivity index (χ3v) is 9.48.